The number of benzene rings is 1. The van der Waals surface area contributed by atoms with Crippen molar-refractivity contribution in [3.8, 4) is 0 Å². The number of aryl methyl sites for hydroxylation is 1. The van der Waals surface area contributed by atoms with Crippen molar-refractivity contribution in [3.63, 3.8) is 0 Å². The zero-order chi connectivity index (χ0) is 15.3. The second-order valence-corrected chi connectivity index (χ2v) is 6.40. The summed E-state index contributed by atoms with van der Waals surface area (Å²) in [6, 6.07) is 8.25. The van der Waals surface area contributed by atoms with E-state index in [9.17, 15) is 4.79 Å². The van der Waals surface area contributed by atoms with Crippen molar-refractivity contribution in [2.45, 2.75) is 19.3 Å². The van der Waals surface area contributed by atoms with E-state index in [0.29, 0.717) is 5.78 Å². The van der Waals surface area contributed by atoms with Crippen molar-refractivity contribution in [2.75, 3.05) is 13.7 Å². The van der Waals surface area contributed by atoms with Crippen LogP contribution in [0, 0.1) is 5.92 Å². The molecule has 0 saturated heterocycles. The average molecular weight is 295 g/mol. The zero-order valence-electron chi connectivity index (χ0n) is 13.1. The Labute approximate surface area is 130 Å². The smallest absolute Gasteiger partial charge is 0.168 e. The number of fused-ring (bicyclic) bond motifs is 3. The lowest BCUT2D eigenvalue weighted by molar-refractivity contribution is 0.0897. The molecule has 1 unspecified atom stereocenters. The molecule has 1 atom stereocenters. The third-order valence-electron chi connectivity index (χ3n) is 5.12. The van der Waals surface area contributed by atoms with Gasteiger partial charge in [-0.05, 0) is 25.3 Å². The molecule has 1 aromatic carbocycles. The first kappa shape index (κ1) is 13.4. The Morgan fingerprint density at radius 1 is 1.27 bits per heavy atom. The lowest BCUT2D eigenvalue weighted by atomic mass is 9.82. The molecule has 0 bridgehead atoms. The van der Waals surface area contributed by atoms with Crippen LogP contribution in [0.25, 0.3) is 10.9 Å². The number of Topliss-reactive ketones (excluding diaryl/α,β-unsaturated/α-hetero) is 1. The maximum atomic E-state index is 13.1. The topological polar surface area (TPSA) is 37.3 Å². The number of nitrogens with zero attached hydrogens (tertiary/aromatic N) is 2. The van der Waals surface area contributed by atoms with Crippen LogP contribution in [0.3, 0.4) is 0 Å². The minimum absolute atomic E-state index is 0.104. The summed E-state index contributed by atoms with van der Waals surface area (Å²) in [5.41, 5.74) is 4.57. The molecule has 2 aromatic rings. The molecule has 0 fully saturated rings. The predicted molar refractivity (Wildman–Crippen MR) is 87.5 cm³/mol. The van der Waals surface area contributed by atoms with Gasteiger partial charge in [-0.3, -0.25) is 4.79 Å². The Kier molecular flexibility index (Phi) is 2.99. The predicted octanol–water partition coefficient (Wildman–Crippen LogP) is 2.65. The molecule has 0 amide bonds. The van der Waals surface area contributed by atoms with Crippen molar-refractivity contribution < 1.29 is 4.79 Å². The number of carbonyl (C=O) groups excluding carboxylic acids is 1. The van der Waals surface area contributed by atoms with Crippen LogP contribution in [-0.2, 0) is 13.5 Å². The van der Waals surface area contributed by atoms with Gasteiger partial charge in [0.2, 0.25) is 0 Å². The second-order valence-electron chi connectivity index (χ2n) is 6.40. The summed E-state index contributed by atoms with van der Waals surface area (Å²) in [5.74, 6) is 0.422. The summed E-state index contributed by atoms with van der Waals surface area (Å²) in [4.78, 5) is 15.2. The van der Waals surface area contributed by atoms with Crippen molar-refractivity contribution in [1.82, 2.24) is 14.8 Å². The van der Waals surface area contributed by atoms with Crippen LogP contribution < -0.4 is 5.32 Å². The van der Waals surface area contributed by atoms with Crippen LogP contribution in [-0.4, -0.2) is 29.0 Å². The Morgan fingerprint density at radius 3 is 2.86 bits per heavy atom. The van der Waals surface area contributed by atoms with Gasteiger partial charge in [0, 0.05) is 54.1 Å². The molecule has 2 heterocycles. The number of aromatic nitrogens is 1. The van der Waals surface area contributed by atoms with Gasteiger partial charge < -0.3 is 14.8 Å². The van der Waals surface area contributed by atoms with Crippen molar-refractivity contribution in [3.05, 3.63) is 47.4 Å². The molecule has 0 spiro atoms. The van der Waals surface area contributed by atoms with E-state index < -0.39 is 0 Å². The highest BCUT2D eigenvalue weighted by Gasteiger charge is 2.33. The van der Waals surface area contributed by atoms with Crippen LogP contribution >= 0.6 is 0 Å². The molecule has 114 valence electrons. The molecule has 22 heavy (non-hydrogen) atoms. The Hall–Kier alpha value is -2.23. The van der Waals surface area contributed by atoms with Gasteiger partial charge in [0.1, 0.15) is 0 Å². The summed E-state index contributed by atoms with van der Waals surface area (Å²) in [6.07, 6.45) is 4.82. The average Bonchev–Trinajstić information content (AvgIpc) is 3.05. The van der Waals surface area contributed by atoms with Crippen molar-refractivity contribution >= 4 is 16.7 Å². The van der Waals surface area contributed by atoms with E-state index in [4.69, 9.17) is 0 Å². The molecule has 4 rings (SSSR count). The van der Waals surface area contributed by atoms with Gasteiger partial charge in [0.05, 0.1) is 6.67 Å². The van der Waals surface area contributed by atoms with Crippen LogP contribution in [0.15, 0.2) is 36.2 Å². The number of ketones is 1. The normalized spacial score (nSPS) is 21.0. The van der Waals surface area contributed by atoms with Crippen LogP contribution in [0.4, 0.5) is 0 Å². The van der Waals surface area contributed by atoms with Crippen molar-refractivity contribution in [2.24, 2.45) is 13.0 Å². The fourth-order valence-electron chi connectivity index (χ4n) is 3.83. The number of para-hydroxylation sites is 1. The summed E-state index contributed by atoms with van der Waals surface area (Å²) in [6.45, 7) is 0.843. The van der Waals surface area contributed by atoms with Crippen LogP contribution in [0.1, 0.15) is 28.9 Å². The number of allylic oxidation sites excluding steroid dienone is 1. The summed E-state index contributed by atoms with van der Waals surface area (Å²) in [7, 11) is 4.15. The van der Waals surface area contributed by atoms with Gasteiger partial charge in [-0.1, -0.05) is 18.2 Å². The maximum absolute atomic E-state index is 13.1. The Balaban J connectivity index is 1.72. The number of hydrogen-bond acceptors (Lipinski definition) is 3. The number of rotatable bonds is 2. The zero-order valence-corrected chi connectivity index (χ0v) is 13.1. The lowest BCUT2D eigenvalue weighted by Gasteiger charge is -2.24. The van der Waals surface area contributed by atoms with Crippen LogP contribution in [0.2, 0.25) is 0 Å². The molecule has 2 aliphatic rings. The van der Waals surface area contributed by atoms with Gasteiger partial charge in [-0.15, -0.1) is 0 Å². The van der Waals surface area contributed by atoms with E-state index in [1.807, 2.05) is 18.3 Å². The summed E-state index contributed by atoms with van der Waals surface area (Å²) in [5, 5.41) is 4.34. The quantitative estimate of drug-likeness (QED) is 0.925. The highest BCUT2D eigenvalue weighted by molar-refractivity contribution is 6.11. The standard InChI is InChI=1S/C18H21N3O/c1-20-11-19-10-13(20)9-12-7-8-16-17(18(12)22)14-5-3-4-6-15(14)21(16)2/h3-6,10,12,19H,7-9,11H2,1-2H3. The van der Waals surface area contributed by atoms with Crippen molar-refractivity contribution in [1.29, 1.82) is 0 Å². The monoisotopic (exact) mass is 295 g/mol. The molecule has 4 heteroatoms. The van der Waals surface area contributed by atoms with E-state index in [2.05, 4.69) is 41.0 Å². The molecule has 1 N–H and O–H groups in total. The molecule has 4 nitrogen and oxygen atoms in total. The Morgan fingerprint density at radius 2 is 2.09 bits per heavy atom. The third kappa shape index (κ3) is 1.86. The van der Waals surface area contributed by atoms with Gasteiger partial charge >= 0.3 is 0 Å². The maximum Gasteiger partial charge on any atom is 0.168 e. The molecular weight excluding hydrogens is 274 g/mol. The Bertz CT molecular complexity index is 787. The van der Waals surface area contributed by atoms with Crippen LogP contribution in [0.5, 0.6) is 0 Å². The molecule has 1 aromatic heterocycles. The third-order valence-corrected chi connectivity index (χ3v) is 5.12. The largest absolute Gasteiger partial charge is 0.372 e. The SMILES string of the molecule is CN1CNC=C1CC1CCc2c(c3ccccc3n2C)C1=O. The minimum Gasteiger partial charge on any atom is -0.372 e. The molecule has 1 aliphatic heterocycles. The fraction of sp³-hybridized carbons (Fsp3) is 0.389. The number of hydrogen-bond donors (Lipinski definition) is 1. The van der Waals surface area contributed by atoms with Gasteiger partial charge in [0.15, 0.2) is 5.78 Å². The van der Waals surface area contributed by atoms with E-state index in [0.717, 1.165) is 36.9 Å². The number of carbonyl (C=O) groups is 1. The van der Waals surface area contributed by atoms with E-state index in [1.54, 1.807) is 0 Å². The summed E-state index contributed by atoms with van der Waals surface area (Å²) >= 11 is 0. The highest BCUT2D eigenvalue weighted by atomic mass is 16.1. The molecule has 0 radical (unpaired) electrons. The molecular formula is C18H21N3O. The minimum atomic E-state index is 0.104. The van der Waals surface area contributed by atoms with E-state index in [1.165, 1.54) is 16.9 Å². The fourth-order valence-corrected chi connectivity index (χ4v) is 3.83. The first-order valence-corrected chi connectivity index (χ1v) is 7.91. The highest BCUT2D eigenvalue weighted by Crippen LogP contribution is 2.36. The van der Waals surface area contributed by atoms with E-state index >= 15 is 0 Å². The lowest BCUT2D eigenvalue weighted by Crippen LogP contribution is -2.26. The first-order valence-electron chi connectivity index (χ1n) is 7.91. The first-order chi connectivity index (χ1) is 10.7. The van der Waals surface area contributed by atoms with Gasteiger partial charge in [-0.25, -0.2) is 0 Å². The summed E-state index contributed by atoms with van der Waals surface area (Å²) < 4.78 is 2.20. The van der Waals surface area contributed by atoms with Gasteiger partial charge in [-0.2, -0.15) is 0 Å². The van der Waals surface area contributed by atoms with Gasteiger partial charge in [0.25, 0.3) is 0 Å². The van der Waals surface area contributed by atoms with E-state index in [-0.39, 0.29) is 5.92 Å². The molecule has 1 aliphatic carbocycles. The molecule has 0 saturated carbocycles. The number of nitrogens with one attached hydrogen (secondary N) is 1. The second kappa shape index (κ2) is 4.90.